The van der Waals surface area contributed by atoms with Crippen LogP contribution in [-0.2, 0) is 4.79 Å². The van der Waals surface area contributed by atoms with Crippen molar-refractivity contribution in [3.63, 3.8) is 0 Å². The van der Waals surface area contributed by atoms with Gasteiger partial charge in [-0.25, -0.2) is 0 Å². The summed E-state index contributed by atoms with van der Waals surface area (Å²) in [5.41, 5.74) is 0.480. The van der Waals surface area contributed by atoms with E-state index >= 15 is 0 Å². The van der Waals surface area contributed by atoms with Crippen LogP contribution >= 0.6 is 0 Å². The SMILES string of the molecule is CC/C=C(/CCCCCCCC)C(=O)[O-]. The summed E-state index contributed by atoms with van der Waals surface area (Å²) in [6, 6.07) is 0. The summed E-state index contributed by atoms with van der Waals surface area (Å²) in [6.07, 6.45) is 10.4. The third-order valence-corrected chi connectivity index (χ3v) is 2.51. The van der Waals surface area contributed by atoms with Crippen molar-refractivity contribution < 1.29 is 9.90 Å². The Morgan fingerprint density at radius 2 is 1.67 bits per heavy atom. The van der Waals surface area contributed by atoms with Gasteiger partial charge in [-0.15, -0.1) is 0 Å². The molecule has 0 spiro atoms. The molecule has 0 bridgehead atoms. The van der Waals surface area contributed by atoms with Gasteiger partial charge in [-0.3, -0.25) is 0 Å². The van der Waals surface area contributed by atoms with Crippen LogP contribution in [0.25, 0.3) is 0 Å². The fourth-order valence-electron chi connectivity index (χ4n) is 1.63. The van der Waals surface area contributed by atoms with Gasteiger partial charge in [0.1, 0.15) is 0 Å². The second kappa shape index (κ2) is 9.75. The zero-order valence-electron chi connectivity index (χ0n) is 10.1. The maximum Gasteiger partial charge on any atom is 0.0671 e. The molecular formula is C13H23O2-. The summed E-state index contributed by atoms with van der Waals surface area (Å²) in [5, 5.41) is 10.7. The molecule has 0 aromatic carbocycles. The van der Waals surface area contributed by atoms with E-state index in [0.717, 1.165) is 19.3 Å². The van der Waals surface area contributed by atoms with Gasteiger partial charge in [0.15, 0.2) is 0 Å². The molecule has 0 aromatic rings. The van der Waals surface area contributed by atoms with Crippen molar-refractivity contribution in [2.75, 3.05) is 0 Å². The first kappa shape index (κ1) is 14.2. The van der Waals surface area contributed by atoms with E-state index in [-0.39, 0.29) is 0 Å². The first-order valence-electron chi connectivity index (χ1n) is 6.12. The number of aliphatic carboxylic acids is 1. The van der Waals surface area contributed by atoms with Crippen LogP contribution in [0, 0.1) is 0 Å². The minimum atomic E-state index is -0.995. The predicted molar refractivity (Wildman–Crippen MR) is 61.4 cm³/mol. The molecule has 0 aliphatic rings. The monoisotopic (exact) mass is 211 g/mol. The molecule has 0 unspecified atom stereocenters. The second-order valence-electron chi connectivity index (χ2n) is 3.94. The van der Waals surface area contributed by atoms with E-state index in [2.05, 4.69) is 6.92 Å². The van der Waals surface area contributed by atoms with E-state index in [4.69, 9.17) is 0 Å². The number of carboxylic acid groups (broad SMARTS) is 1. The standard InChI is InChI=1S/C13H24O2/c1-3-5-6-7-8-9-11-12(10-4-2)13(14)15/h10H,3-9,11H2,1-2H3,(H,14,15)/p-1/b12-10-. The lowest BCUT2D eigenvalue weighted by molar-refractivity contribution is -0.299. The molecule has 88 valence electrons. The first-order valence-corrected chi connectivity index (χ1v) is 6.12. The molecule has 2 heteroatoms. The summed E-state index contributed by atoms with van der Waals surface area (Å²) in [4.78, 5) is 10.7. The van der Waals surface area contributed by atoms with E-state index in [1.807, 2.05) is 6.92 Å². The van der Waals surface area contributed by atoms with Crippen molar-refractivity contribution >= 4 is 5.97 Å². The highest BCUT2D eigenvalue weighted by Crippen LogP contribution is 2.11. The lowest BCUT2D eigenvalue weighted by atomic mass is 10.0. The molecule has 0 N–H and O–H groups in total. The van der Waals surface area contributed by atoms with Gasteiger partial charge in [0.05, 0.1) is 5.97 Å². The molecule has 0 radical (unpaired) electrons. The van der Waals surface area contributed by atoms with E-state index in [9.17, 15) is 9.90 Å². The highest BCUT2D eigenvalue weighted by atomic mass is 16.4. The zero-order valence-corrected chi connectivity index (χ0v) is 10.1. The topological polar surface area (TPSA) is 40.1 Å². The van der Waals surface area contributed by atoms with Crippen LogP contribution in [0.2, 0.25) is 0 Å². The molecule has 0 saturated heterocycles. The molecule has 0 atom stereocenters. The molecule has 0 rings (SSSR count). The Morgan fingerprint density at radius 1 is 1.07 bits per heavy atom. The Kier molecular flexibility index (Phi) is 9.24. The Morgan fingerprint density at radius 3 is 2.20 bits per heavy atom. The highest BCUT2D eigenvalue weighted by molar-refractivity contribution is 5.84. The fraction of sp³-hybridized carbons (Fsp3) is 0.769. The first-order chi connectivity index (χ1) is 7.22. The van der Waals surface area contributed by atoms with E-state index in [1.54, 1.807) is 6.08 Å². The Labute approximate surface area is 93.4 Å². The second-order valence-corrected chi connectivity index (χ2v) is 3.94. The molecule has 0 amide bonds. The number of carbonyl (C=O) groups excluding carboxylic acids is 1. The molecule has 0 aromatic heterocycles. The average Bonchev–Trinajstić information content (AvgIpc) is 2.21. The largest absolute Gasteiger partial charge is 0.545 e. The number of rotatable bonds is 9. The number of hydrogen-bond donors (Lipinski definition) is 0. The van der Waals surface area contributed by atoms with Crippen molar-refractivity contribution in [2.45, 2.75) is 65.2 Å². The molecule has 0 aliphatic heterocycles. The summed E-state index contributed by atoms with van der Waals surface area (Å²) < 4.78 is 0. The van der Waals surface area contributed by atoms with Gasteiger partial charge < -0.3 is 9.90 Å². The summed E-state index contributed by atoms with van der Waals surface area (Å²) in [6.45, 7) is 4.14. The van der Waals surface area contributed by atoms with Gasteiger partial charge in [0.2, 0.25) is 0 Å². The van der Waals surface area contributed by atoms with Crippen LogP contribution in [0.5, 0.6) is 0 Å². The van der Waals surface area contributed by atoms with Crippen LogP contribution in [0.3, 0.4) is 0 Å². The number of carbonyl (C=O) groups is 1. The molecule has 0 heterocycles. The van der Waals surface area contributed by atoms with Crippen molar-refractivity contribution in [3.05, 3.63) is 11.6 Å². The number of hydrogen-bond acceptors (Lipinski definition) is 2. The van der Waals surface area contributed by atoms with Crippen molar-refractivity contribution in [2.24, 2.45) is 0 Å². The Hall–Kier alpha value is -0.790. The Balaban J connectivity index is 3.55. The predicted octanol–water partition coefficient (Wildman–Crippen LogP) is 2.82. The molecule has 0 saturated carbocycles. The van der Waals surface area contributed by atoms with Crippen molar-refractivity contribution in [1.29, 1.82) is 0 Å². The third kappa shape index (κ3) is 8.22. The maximum atomic E-state index is 10.7. The zero-order chi connectivity index (χ0) is 11.5. The van der Waals surface area contributed by atoms with Crippen LogP contribution in [0.1, 0.15) is 65.2 Å². The molecule has 0 aliphatic carbocycles. The maximum absolute atomic E-state index is 10.7. The molecular weight excluding hydrogens is 188 g/mol. The van der Waals surface area contributed by atoms with Crippen LogP contribution in [-0.4, -0.2) is 5.97 Å². The van der Waals surface area contributed by atoms with Crippen LogP contribution in [0.15, 0.2) is 11.6 Å². The summed E-state index contributed by atoms with van der Waals surface area (Å²) >= 11 is 0. The van der Waals surface area contributed by atoms with E-state index in [1.165, 1.54) is 25.7 Å². The van der Waals surface area contributed by atoms with Crippen molar-refractivity contribution in [3.8, 4) is 0 Å². The Bertz CT molecular complexity index is 195. The molecule has 15 heavy (non-hydrogen) atoms. The number of unbranched alkanes of at least 4 members (excludes halogenated alkanes) is 5. The molecule has 2 nitrogen and oxygen atoms in total. The quantitative estimate of drug-likeness (QED) is 0.434. The summed E-state index contributed by atoms with van der Waals surface area (Å²) in [7, 11) is 0. The minimum Gasteiger partial charge on any atom is -0.545 e. The van der Waals surface area contributed by atoms with Gasteiger partial charge in [-0.1, -0.05) is 52.0 Å². The average molecular weight is 211 g/mol. The van der Waals surface area contributed by atoms with Gasteiger partial charge in [-0.2, -0.15) is 0 Å². The lowest BCUT2D eigenvalue weighted by Gasteiger charge is -2.08. The number of allylic oxidation sites excluding steroid dienone is 1. The van der Waals surface area contributed by atoms with Gasteiger partial charge in [0, 0.05) is 0 Å². The van der Waals surface area contributed by atoms with Crippen molar-refractivity contribution in [1.82, 2.24) is 0 Å². The van der Waals surface area contributed by atoms with E-state index < -0.39 is 5.97 Å². The lowest BCUT2D eigenvalue weighted by Crippen LogP contribution is -2.24. The minimum absolute atomic E-state index is 0.480. The normalized spacial score (nSPS) is 11.7. The van der Waals surface area contributed by atoms with E-state index in [0.29, 0.717) is 12.0 Å². The molecule has 0 fully saturated rings. The summed E-state index contributed by atoms with van der Waals surface area (Å²) in [5.74, 6) is -0.995. The van der Waals surface area contributed by atoms with Gasteiger partial charge in [-0.05, 0) is 24.8 Å². The van der Waals surface area contributed by atoms with Gasteiger partial charge in [0.25, 0.3) is 0 Å². The smallest absolute Gasteiger partial charge is 0.0671 e. The third-order valence-electron chi connectivity index (χ3n) is 2.51. The van der Waals surface area contributed by atoms with Crippen LogP contribution in [0.4, 0.5) is 0 Å². The van der Waals surface area contributed by atoms with Crippen LogP contribution < -0.4 is 5.11 Å². The highest BCUT2D eigenvalue weighted by Gasteiger charge is 1.97. The number of carboxylic acids is 1. The van der Waals surface area contributed by atoms with Gasteiger partial charge >= 0.3 is 0 Å². The fourth-order valence-corrected chi connectivity index (χ4v) is 1.63.